The molecule has 2 rings (SSSR count). The fourth-order valence-corrected chi connectivity index (χ4v) is 2.96. The Morgan fingerprint density at radius 2 is 1.90 bits per heavy atom. The Balaban J connectivity index is 1.88. The zero-order chi connectivity index (χ0) is 15.1. The number of carbonyl (C=O) groups is 1. The van der Waals surface area contributed by atoms with Crippen molar-refractivity contribution in [3.8, 4) is 0 Å². The molecule has 1 saturated heterocycles. The number of carbonyl (C=O) groups excluding carboxylic acids is 1. The summed E-state index contributed by atoms with van der Waals surface area (Å²) in [6, 6.07) is 6.44. The second kappa shape index (κ2) is 8.25. The quantitative estimate of drug-likeness (QED) is 0.784. The second-order valence-corrected chi connectivity index (χ2v) is 5.70. The molecule has 0 aromatic heterocycles. The molecule has 0 amide bonds. The summed E-state index contributed by atoms with van der Waals surface area (Å²) in [5.74, 6) is -0.195. The SMILES string of the molecule is CCCN(CCC(=O)c1ccc(F)cc1)C1CCNCC1. The normalized spacial score (nSPS) is 16.3. The van der Waals surface area contributed by atoms with Crippen molar-refractivity contribution in [1.29, 1.82) is 0 Å². The summed E-state index contributed by atoms with van der Waals surface area (Å²) >= 11 is 0. The zero-order valence-electron chi connectivity index (χ0n) is 12.8. The van der Waals surface area contributed by atoms with E-state index in [4.69, 9.17) is 0 Å². The highest BCUT2D eigenvalue weighted by Crippen LogP contribution is 2.14. The van der Waals surface area contributed by atoms with E-state index in [1.54, 1.807) is 12.1 Å². The van der Waals surface area contributed by atoms with Crippen molar-refractivity contribution in [1.82, 2.24) is 10.2 Å². The van der Waals surface area contributed by atoms with E-state index < -0.39 is 0 Å². The summed E-state index contributed by atoms with van der Waals surface area (Å²) in [4.78, 5) is 14.6. The standard InChI is InChI=1S/C17H25FN2O/c1-2-12-20(16-7-10-19-11-8-16)13-9-17(21)14-3-5-15(18)6-4-14/h3-6,16,19H,2,7-13H2,1H3. The van der Waals surface area contributed by atoms with Crippen LogP contribution in [0.3, 0.4) is 0 Å². The highest BCUT2D eigenvalue weighted by molar-refractivity contribution is 5.96. The van der Waals surface area contributed by atoms with Crippen molar-refractivity contribution >= 4 is 5.78 Å². The van der Waals surface area contributed by atoms with Crippen LogP contribution in [0.15, 0.2) is 24.3 Å². The van der Waals surface area contributed by atoms with E-state index in [-0.39, 0.29) is 11.6 Å². The van der Waals surface area contributed by atoms with Gasteiger partial charge in [0.05, 0.1) is 0 Å². The van der Waals surface area contributed by atoms with Gasteiger partial charge >= 0.3 is 0 Å². The first-order chi connectivity index (χ1) is 10.2. The van der Waals surface area contributed by atoms with Crippen LogP contribution in [-0.2, 0) is 0 Å². The summed E-state index contributed by atoms with van der Waals surface area (Å²) < 4.78 is 12.9. The van der Waals surface area contributed by atoms with Gasteiger partial charge in [-0.25, -0.2) is 4.39 Å². The van der Waals surface area contributed by atoms with Crippen LogP contribution >= 0.6 is 0 Å². The van der Waals surface area contributed by atoms with E-state index in [1.807, 2.05) is 0 Å². The first-order valence-corrected chi connectivity index (χ1v) is 7.94. The average Bonchev–Trinajstić information content (AvgIpc) is 2.52. The minimum absolute atomic E-state index is 0.102. The second-order valence-electron chi connectivity index (χ2n) is 5.70. The van der Waals surface area contributed by atoms with Crippen LogP contribution < -0.4 is 5.32 Å². The van der Waals surface area contributed by atoms with Crippen LogP contribution in [0.2, 0.25) is 0 Å². The van der Waals surface area contributed by atoms with Gasteiger partial charge in [-0.05, 0) is 63.2 Å². The van der Waals surface area contributed by atoms with Crippen molar-refractivity contribution in [3.63, 3.8) is 0 Å². The van der Waals surface area contributed by atoms with Crippen molar-refractivity contribution in [2.45, 2.75) is 38.6 Å². The first-order valence-electron chi connectivity index (χ1n) is 7.94. The van der Waals surface area contributed by atoms with E-state index in [0.717, 1.165) is 45.4 Å². The number of hydrogen-bond acceptors (Lipinski definition) is 3. The molecule has 0 aliphatic carbocycles. The lowest BCUT2D eigenvalue weighted by molar-refractivity contribution is 0.0937. The molecule has 1 aromatic carbocycles. The van der Waals surface area contributed by atoms with Gasteiger partial charge in [0.2, 0.25) is 0 Å². The Labute approximate surface area is 126 Å². The van der Waals surface area contributed by atoms with Gasteiger partial charge in [-0.3, -0.25) is 9.69 Å². The summed E-state index contributed by atoms with van der Waals surface area (Å²) in [6.45, 7) is 6.15. The fourth-order valence-electron chi connectivity index (χ4n) is 2.96. The Morgan fingerprint density at radius 3 is 2.52 bits per heavy atom. The lowest BCUT2D eigenvalue weighted by Crippen LogP contribution is -2.44. The molecule has 1 N–H and O–H groups in total. The maximum absolute atomic E-state index is 12.9. The molecular weight excluding hydrogens is 267 g/mol. The Bertz CT molecular complexity index is 441. The lowest BCUT2D eigenvalue weighted by atomic mass is 10.0. The molecule has 1 aliphatic heterocycles. The van der Waals surface area contributed by atoms with Gasteiger partial charge in [0, 0.05) is 24.6 Å². The third kappa shape index (κ3) is 4.90. The van der Waals surface area contributed by atoms with Crippen molar-refractivity contribution in [3.05, 3.63) is 35.6 Å². The third-order valence-corrected chi connectivity index (χ3v) is 4.13. The average molecular weight is 292 g/mol. The van der Waals surface area contributed by atoms with Gasteiger partial charge in [-0.15, -0.1) is 0 Å². The minimum Gasteiger partial charge on any atom is -0.317 e. The van der Waals surface area contributed by atoms with Crippen molar-refractivity contribution < 1.29 is 9.18 Å². The minimum atomic E-state index is -0.297. The molecule has 0 saturated carbocycles. The molecule has 0 unspecified atom stereocenters. The number of piperidine rings is 1. The molecule has 3 nitrogen and oxygen atoms in total. The van der Waals surface area contributed by atoms with Gasteiger partial charge < -0.3 is 5.32 Å². The number of rotatable bonds is 7. The summed E-state index contributed by atoms with van der Waals surface area (Å²) in [5.41, 5.74) is 0.609. The van der Waals surface area contributed by atoms with E-state index in [9.17, 15) is 9.18 Å². The molecule has 4 heteroatoms. The molecule has 1 heterocycles. The molecule has 1 aliphatic rings. The van der Waals surface area contributed by atoms with Crippen LogP contribution in [0, 0.1) is 5.82 Å². The maximum Gasteiger partial charge on any atom is 0.164 e. The van der Waals surface area contributed by atoms with Crippen LogP contribution in [0.1, 0.15) is 43.0 Å². The molecule has 0 atom stereocenters. The fraction of sp³-hybridized carbons (Fsp3) is 0.588. The Kier molecular flexibility index (Phi) is 6.33. The van der Waals surface area contributed by atoms with Gasteiger partial charge in [0.1, 0.15) is 5.82 Å². The molecule has 0 spiro atoms. The zero-order valence-corrected chi connectivity index (χ0v) is 12.8. The molecular formula is C17H25FN2O. The molecule has 0 radical (unpaired) electrons. The highest BCUT2D eigenvalue weighted by atomic mass is 19.1. The Hall–Kier alpha value is -1.26. The predicted octanol–water partition coefficient (Wildman–Crippen LogP) is 2.86. The van der Waals surface area contributed by atoms with Crippen molar-refractivity contribution in [2.75, 3.05) is 26.2 Å². The topological polar surface area (TPSA) is 32.3 Å². The lowest BCUT2D eigenvalue weighted by Gasteiger charge is -2.34. The summed E-state index contributed by atoms with van der Waals surface area (Å²) in [6.07, 6.45) is 3.93. The van der Waals surface area contributed by atoms with Gasteiger partial charge in [-0.1, -0.05) is 6.92 Å². The largest absolute Gasteiger partial charge is 0.317 e. The number of nitrogens with zero attached hydrogens (tertiary/aromatic N) is 1. The number of halogens is 1. The number of hydrogen-bond donors (Lipinski definition) is 1. The van der Waals surface area contributed by atoms with E-state index in [1.165, 1.54) is 12.1 Å². The number of benzene rings is 1. The van der Waals surface area contributed by atoms with Crippen LogP contribution in [-0.4, -0.2) is 42.9 Å². The highest BCUT2D eigenvalue weighted by Gasteiger charge is 2.20. The monoisotopic (exact) mass is 292 g/mol. The van der Waals surface area contributed by atoms with Crippen LogP contribution in [0.5, 0.6) is 0 Å². The van der Waals surface area contributed by atoms with Crippen LogP contribution in [0.4, 0.5) is 4.39 Å². The number of nitrogens with one attached hydrogen (secondary N) is 1. The summed E-state index contributed by atoms with van der Waals surface area (Å²) in [7, 11) is 0. The number of ketones is 1. The van der Waals surface area contributed by atoms with E-state index >= 15 is 0 Å². The van der Waals surface area contributed by atoms with Gasteiger partial charge in [0.15, 0.2) is 5.78 Å². The number of Topliss-reactive ketones (excluding diaryl/α,β-unsaturated/α-hetero) is 1. The van der Waals surface area contributed by atoms with Gasteiger partial charge in [-0.2, -0.15) is 0 Å². The first kappa shape index (κ1) is 16.1. The smallest absolute Gasteiger partial charge is 0.164 e. The van der Waals surface area contributed by atoms with E-state index in [2.05, 4.69) is 17.1 Å². The summed E-state index contributed by atoms with van der Waals surface area (Å²) in [5, 5.41) is 3.38. The molecule has 21 heavy (non-hydrogen) atoms. The van der Waals surface area contributed by atoms with Crippen LogP contribution in [0.25, 0.3) is 0 Å². The van der Waals surface area contributed by atoms with Crippen molar-refractivity contribution in [2.24, 2.45) is 0 Å². The third-order valence-electron chi connectivity index (χ3n) is 4.13. The molecule has 1 fully saturated rings. The van der Waals surface area contributed by atoms with Gasteiger partial charge in [0.25, 0.3) is 0 Å². The molecule has 0 bridgehead atoms. The van der Waals surface area contributed by atoms with E-state index in [0.29, 0.717) is 18.0 Å². The molecule has 1 aromatic rings. The Morgan fingerprint density at radius 1 is 1.24 bits per heavy atom. The predicted molar refractivity (Wildman–Crippen MR) is 83.1 cm³/mol. The maximum atomic E-state index is 12.9. The molecule has 116 valence electrons.